The van der Waals surface area contributed by atoms with Gasteiger partial charge in [-0.05, 0) is 39.9 Å². The summed E-state index contributed by atoms with van der Waals surface area (Å²) >= 11 is 0. The first-order valence-corrected chi connectivity index (χ1v) is 4.98. The van der Waals surface area contributed by atoms with Gasteiger partial charge in [-0.3, -0.25) is 4.79 Å². The monoisotopic (exact) mass is 183 g/mol. The minimum atomic E-state index is -0.164. The third-order valence-corrected chi connectivity index (χ3v) is 3.45. The second-order valence-electron chi connectivity index (χ2n) is 4.40. The van der Waals surface area contributed by atoms with Crippen LogP contribution in [-0.4, -0.2) is 43.5 Å². The average molecular weight is 183 g/mol. The summed E-state index contributed by atoms with van der Waals surface area (Å²) in [5.41, 5.74) is -0.119. The number of nitrogens with zero attached hydrogens (tertiary/aromatic N) is 1. The number of carbonyl (C=O) groups is 1. The van der Waals surface area contributed by atoms with Crippen LogP contribution in [0, 0.1) is 5.41 Å². The average Bonchev–Trinajstić information content (AvgIpc) is 2.40. The lowest BCUT2D eigenvalue weighted by Gasteiger charge is -2.35. The van der Waals surface area contributed by atoms with E-state index in [4.69, 9.17) is 4.74 Å². The lowest BCUT2D eigenvalue weighted by molar-refractivity contribution is -0.129. The van der Waals surface area contributed by atoms with E-state index in [9.17, 15) is 4.79 Å². The van der Waals surface area contributed by atoms with Crippen LogP contribution in [0.4, 0.5) is 0 Å². The smallest absolute Gasteiger partial charge is 0.169 e. The highest BCUT2D eigenvalue weighted by Crippen LogP contribution is 2.38. The summed E-state index contributed by atoms with van der Waals surface area (Å²) in [5.74, 6) is 0.334. The van der Waals surface area contributed by atoms with Crippen molar-refractivity contribution in [2.45, 2.75) is 25.9 Å². The Kier molecular flexibility index (Phi) is 2.16. The first-order valence-electron chi connectivity index (χ1n) is 4.98. The molecule has 0 aromatic carbocycles. The molecule has 13 heavy (non-hydrogen) atoms. The quantitative estimate of drug-likeness (QED) is 0.553. The van der Waals surface area contributed by atoms with Gasteiger partial charge in [-0.2, -0.15) is 0 Å². The van der Waals surface area contributed by atoms with Crippen molar-refractivity contribution < 1.29 is 9.53 Å². The summed E-state index contributed by atoms with van der Waals surface area (Å²) in [5, 5.41) is 0. The van der Waals surface area contributed by atoms with Crippen LogP contribution >= 0.6 is 0 Å². The van der Waals surface area contributed by atoms with Gasteiger partial charge in [-0.1, -0.05) is 0 Å². The van der Waals surface area contributed by atoms with E-state index in [1.165, 1.54) is 0 Å². The SMILES string of the molecule is CC1OCC2(CCN(C)CC2)C1=O. The maximum Gasteiger partial charge on any atom is 0.169 e. The Morgan fingerprint density at radius 3 is 2.54 bits per heavy atom. The van der Waals surface area contributed by atoms with E-state index >= 15 is 0 Å². The van der Waals surface area contributed by atoms with Gasteiger partial charge < -0.3 is 9.64 Å². The molecule has 2 fully saturated rings. The van der Waals surface area contributed by atoms with Gasteiger partial charge in [0, 0.05) is 0 Å². The summed E-state index contributed by atoms with van der Waals surface area (Å²) in [7, 11) is 2.11. The topological polar surface area (TPSA) is 29.5 Å². The zero-order chi connectivity index (χ0) is 9.47. The molecule has 0 amide bonds. The molecule has 1 atom stereocenters. The van der Waals surface area contributed by atoms with Crippen molar-refractivity contribution in [2.24, 2.45) is 5.41 Å². The maximum atomic E-state index is 11.8. The standard InChI is InChI=1S/C10H17NO2/c1-8-9(12)10(7-13-8)3-5-11(2)6-4-10/h8H,3-7H2,1-2H3. The van der Waals surface area contributed by atoms with Gasteiger partial charge in [0.05, 0.1) is 12.0 Å². The number of piperidine rings is 1. The van der Waals surface area contributed by atoms with Gasteiger partial charge in [-0.25, -0.2) is 0 Å². The number of ketones is 1. The van der Waals surface area contributed by atoms with Crippen molar-refractivity contribution in [3.63, 3.8) is 0 Å². The van der Waals surface area contributed by atoms with Crippen LogP contribution in [0.1, 0.15) is 19.8 Å². The Morgan fingerprint density at radius 2 is 2.08 bits per heavy atom. The van der Waals surface area contributed by atoms with Crippen LogP contribution in [0.5, 0.6) is 0 Å². The number of rotatable bonds is 0. The zero-order valence-corrected chi connectivity index (χ0v) is 8.38. The number of ether oxygens (including phenoxy) is 1. The summed E-state index contributed by atoms with van der Waals surface area (Å²) in [6.07, 6.45) is 1.79. The van der Waals surface area contributed by atoms with Crippen LogP contribution < -0.4 is 0 Å². The molecule has 0 radical (unpaired) electrons. The molecule has 3 heteroatoms. The molecule has 0 bridgehead atoms. The molecule has 2 aliphatic rings. The molecule has 2 saturated heterocycles. The van der Waals surface area contributed by atoms with Gasteiger partial charge in [0.2, 0.25) is 0 Å². The van der Waals surface area contributed by atoms with Crippen LogP contribution in [0.25, 0.3) is 0 Å². The molecule has 2 rings (SSSR count). The number of Topliss-reactive ketones (excluding diaryl/α,β-unsaturated/α-hetero) is 1. The zero-order valence-electron chi connectivity index (χ0n) is 8.38. The highest BCUT2D eigenvalue weighted by Gasteiger charge is 2.47. The molecule has 2 heterocycles. The van der Waals surface area contributed by atoms with E-state index in [1.54, 1.807) is 0 Å². The summed E-state index contributed by atoms with van der Waals surface area (Å²) in [6.45, 7) is 4.58. The minimum Gasteiger partial charge on any atom is -0.370 e. The molecule has 1 spiro atoms. The van der Waals surface area contributed by atoms with E-state index in [2.05, 4.69) is 11.9 Å². The molecule has 0 aromatic rings. The second kappa shape index (κ2) is 3.07. The van der Waals surface area contributed by atoms with Gasteiger partial charge >= 0.3 is 0 Å². The third kappa shape index (κ3) is 1.40. The predicted molar refractivity (Wildman–Crippen MR) is 49.6 cm³/mol. The summed E-state index contributed by atoms with van der Waals surface area (Å²) < 4.78 is 5.43. The molecule has 2 aliphatic heterocycles. The summed E-state index contributed by atoms with van der Waals surface area (Å²) in [4.78, 5) is 14.1. The van der Waals surface area contributed by atoms with Crippen molar-refractivity contribution in [3.05, 3.63) is 0 Å². The van der Waals surface area contributed by atoms with Crippen LogP contribution in [-0.2, 0) is 9.53 Å². The van der Waals surface area contributed by atoms with E-state index in [0.29, 0.717) is 12.4 Å². The van der Waals surface area contributed by atoms with Gasteiger partial charge in [-0.15, -0.1) is 0 Å². The highest BCUT2D eigenvalue weighted by molar-refractivity contribution is 5.90. The Hall–Kier alpha value is -0.410. The van der Waals surface area contributed by atoms with Crippen molar-refractivity contribution >= 4 is 5.78 Å². The minimum absolute atomic E-state index is 0.119. The Bertz CT molecular complexity index is 219. The largest absolute Gasteiger partial charge is 0.370 e. The first-order chi connectivity index (χ1) is 6.14. The second-order valence-corrected chi connectivity index (χ2v) is 4.40. The Labute approximate surface area is 79.0 Å². The van der Waals surface area contributed by atoms with Crippen LogP contribution in [0.15, 0.2) is 0 Å². The van der Waals surface area contributed by atoms with Gasteiger partial charge in [0.15, 0.2) is 5.78 Å². The Morgan fingerprint density at radius 1 is 1.46 bits per heavy atom. The number of hydrogen-bond acceptors (Lipinski definition) is 3. The van der Waals surface area contributed by atoms with Crippen LogP contribution in [0.2, 0.25) is 0 Å². The Balaban J connectivity index is 2.09. The van der Waals surface area contributed by atoms with Crippen molar-refractivity contribution in [1.29, 1.82) is 0 Å². The van der Waals surface area contributed by atoms with E-state index < -0.39 is 0 Å². The molecule has 1 unspecified atom stereocenters. The predicted octanol–water partition coefficient (Wildman–Crippen LogP) is 0.686. The molecule has 74 valence electrons. The van der Waals surface area contributed by atoms with Gasteiger partial charge in [0.1, 0.15) is 6.10 Å². The molecular formula is C10H17NO2. The fourth-order valence-electron chi connectivity index (χ4n) is 2.30. The highest BCUT2D eigenvalue weighted by atomic mass is 16.5. The summed E-state index contributed by atoms with van der Waals surface area (Å²) in [6, 6.07) is 0. The van der Waals surface area contributed by atoms with E-state index in [0.717, 1.165) is 25.9 Å². The third-order valence-electron chi connectivity index (χ3n) is 3.45. The van der Waals surface area contributed by atoms with Crippen molar-refractivity contribution in [2.75, 3.05) is 26.7 Å². The number of carbonyl (C=O) groups excluding carboxylic acids is 1. The molecule has 0 aliphatic carbocycles. The maximum absolute atomic E-state index is 11.8. The fraction of sp³-hybridized carbons (Fsp3) is 0.900. The van der Waals surface area contributed by atoms with E-state index in [-0.39, 0.29) is 11.5 Å². The molecule has 0 saturated carbocycles. The van der Waals surface area contributed by atoms with Crippen molar-refractivity contribution in [1.82, 2.24) is 4.90 Å². The van der Waals surface area contributed by atoms with Gasteiger partial charge in [0.25, 0.3) is 0 Å². The normalized spacial score (nSPS) is 34.3. The first kappa shape index (κ1) is 9.16. The number of hydrogen-bond donors (Lipinski definition) is 0. The molecular weight excluding hydrogens is 166 g/mol. The molecule has 0 aromatic heterocycles. The molecule has 3 nitrogen and oxygen atoms in total. The van der Waals surface area contributed by atoms with E-state index in [1.807, 2.05) is 6.92 Å². The lowest BCUT2D eigenvalue weighted by atomic mass is 9.76. The lowest BCUT2D eigenvalue weighted by Crippen LogP contribution is -2.43. The fourth-order valence-corrected chi connectivity index (χ4v) is 2.30. The number of likely N-dealkylation sites (tertiary alicyclic amines) is 1. The molecule has 0 N–H and O–H groups in total. The van der Waals surface area contributed by atoms with Crippen LogP contribution in [0.3, 0.4) is 0 Å². The van der Waals surface area contributed by atoms with Crippen molar-refractivity contribution in [3.8, 4) is 0 Å².